The number of carbonyl (C=O) groups excluding carboxylic acids is 1. The molecule has 0 aliphatic heterocycles. The molecule has 0 saturated carbocycles. The largest absolute Gasteiger partial charge is 0.476 e. The minimum Gasteiger partial charge on any atom is -0.476 e. The standard InChI is InChI=1S/C16H18N4O3/c1-16(8-4-6-11-5-2-3-7-12(11)16)17-14(21)10-20-9-13(15(22)23)18-19-20/h2-3,5,7,9H,4,6,8,10H2,1H3,(H,17,21)(H,22,23). The maximum Gasteiger partial charge on any atom is 0.358 e. The Labute approximate surface area is 133 Å². The molecular formula is C16H18N4O3. The summed E-state index contributed by atoms with van der Waals surface area (Å²) in [4.78, 5) is 23.1. The number of nitrogens with zero attached hydrogens (tertiary/aromatic N) is 3. The topological polar surface area (TPSA) is 97.1 Å². The number of hydrogen-bond donors (Lipinski definition) is 2. The van der Waals surface area contributed by atoms with E-state index >= 15 is 0 Å². The molecule has 1 aliphatic rings. The first kappa shape index (κ1) is 15.2. The van der Waals surface area contributed by atoms with Gasteiger partial charge in [-0.1, -0.05) is 29.5 Å². The normalized spacial score (nSPS) is 19.9. The van der Waals surface area contributed by atoms with Gasteiger partial charge in [-0.2, -0.15) is 0 Å². The van der Waals surface area contributed by atoms with Crippen molar-refractivity contribution in [3.8, 4) is 0 Å². The maximum atomic E-state index is 12.3. The second-order valence-electron chi connectivity index (χ2n) is 6.00. The molecule has 3 rings (SSSR count). The zero-order valence-electron chi connectivity index (χ0n) is 12.8. The maximum absolute atomic E-state index is 12.3. The Kier molecular flexibility index (Phi) is 3.85. The summed E-state index contributed by atoms with van der Waals surface area (Å²) in [6.45, 7) is 1.96. The lowest BCUT2D eigenvalue weighted by Gasteiger charge is -2.36. The van der Waals surface area contributed by atoms with E-state index in [0.29, 0.717) is 0 Å². The summed E-state index contributed by atoms with van der Waals surface area (Å²) in [6.07, 6.45) is 4.15. The van der Waals surface area contributed by atoms with E-state index in [2.05, 4.69) is 21.7 Å². The number of aromatic nitrogens is 3. The number of benzene rings is 1. The van der Waals surface area contributed by atoms with Gasteiger partial charge in [0.2, 0.25) is 5.91 Å². The Morgan fingerprint density at radius 3 is 2.91 bits per heavy atom. The van der Waals surface area contributed by atoms with Crippen LogP contribution in [0.25, 0.3) is 0 Å². The number of aryl methyl sites for hydroxylation is 1. The molecule has 1 aromatic heterocycles. The van der Waals surface area contributed by atoms with Crippen molar-refractivity contribution in [1.82, 2.24) is 20.3 Å². The van der Waals surface area contributed by atoms with Crippen molar-refractivity contribution >= 4 is 11.9 Å². The molecule has 0 fully saturated rings. The molecule has 1 aliphatic carbocycles. The van der Waals surface area contributed by atoms with Gasteiger partial charge in [-0.15, -0.1) is 5.10 Å². The minimum atomic E-state index is -1.16. The predicted octanol–water partition coefficient (Wildman–Crippen LogP) is 1.34. The van der Waals surface area contributed by atoms with Crippen molar-refractivity contribution in [2.24, 2.45) is 0 Å². The number of carboxylic acid groups (broad SMARTS) is 1. The van der Waals surface area contributed by atoms with Gasteiger partial charge >= 0.3 is 5.97 Å². The van der Waals surface area contributed by atoms with Crippen LogP contribution >= 0.6 is 0 Å². The first-order chi connectivity index (χ1) is 11.0. The fourth-order valence-corrected chi connectivity index (χ4v) is 3.14. The fourth-order valence-electron chi connectivity index (χ4n) is 3.14. The highest BCUT2D eigenvalue weighted by molar-refractivity contribution is 5.84. The van der Waals surface area contributed by atoms with Crippen molar-refractivity contribution in [2.75, 3.05) is 0 Å². The van der Waals surface area contributed by atoms with E-state index < -0.39 is 11.5 Å². The molecule has 7 nitrogen and oxygen atoms in total. The van der Waals surface area contributed by atoms with Crippen LogP contribution in [0.1, 0.15) is 41.4 Å². The van der Waals surface area contributed by atoms with Gasteiger partial charge in [0.1, 0.15) is 6.54 Å². The molecular weight excluding hydrogens is 296 g/mol. The summed E-state index contributed by atoms with van der Waals surface area (Å²) in [6, 6.07) is 8.13. The van der Waals surface area contributed by atoms with Crippen LogP contribution in [0.15, 0.2) is 30.5 Å². The van der Waals surface area contributed by atoms with Crippen molar-refractivity contribution < 1.29 is 14.7 Å². The van der Waals surface area contributed by atoms with E-state index in [9.17, 15) is 9.59 Å². The number of amides is 1. The van der Waals surface area contributed by atoms with E-state index in [1.807, 2.05) is 25.1 Å². The molecule has 1 amide bonds. The Hall–Kier alpha value is -2.70. The summed E-state index contributed by atoms with van der Waals surface area (Å²) in [5.41, 5.74) is 1.81. The second-order valence-corrected chi connectivity index (χ2v) is 6.00. The number of aromatic carboxylic acids is 1. The van der Waals surface area contributed by atoms with E-state index in [0.717, 1.165) is 24.8 Å². The smallest absolute Gasteiger partial charge is 0.358 e. The molecule has 1 atom stereocenters. The third-order valence-corrected chi connectivity index (χ3v) is 4.21. The van der Waals surface area contributed by atoms with E-state index in [4.69, 9.17) is 5.11 Å². The van der Waals surface area contributed by atoms with Crippen molar-refractivity contribution in [2.45, 2.75) is 38.3 Å². The highest BCUT2D eigenvalue weighted by atomic mass is 16.4. The molecule has 0 bridgehead atoms. The number of nitrogens with one attached hydrogen (secondary N) is 1. The summed E-state index contributed by atoms with van der Waals surface area (Å²) < 4.78 is 1.23. The lowest BCUT2D eigenvalue weighted by atomic mass is 9.78. The van der Waals surface area contributed by atoms with Gasteiger partial charge in [-0.25, -0.2) is 9.48 Å². The summed E-state index contributed by atoms with van der Waals surface area (Å²) in [5, 5.41) is 19.1. The zero-order chi connectivity index (χ0) is 16.4. The first-order valence-electron chi connectivity index (χ1n) is 7.51. The van der Waals surface area contributed by atoms with Gasteiger partial charge in [0.25, 0.3) is 0 Å². The average molecular weight is 314 g/mol. The Morgan fingerprint density at radius 1 is 1.39 bits per heavy atom. The van der Waals surface area contributed by atoms with Crippen LogP contribution in [0, 0.1) is 0 Å². The fraction of sp³-hybridized carbons (Fsp3) is 0.375. The van der Waals surface area contributed by atoms with Gasteiger partial charge < -0.3 is 10.4 Å². The molecule has 23 heavy (non-hydrogen) atoms. The van der Waals surface area contributed by atoms with Gasteiger partial charge in [-0.3, -0.25) is 4.79 Å². The van der Waals surface area contributed by atoms with Crippen molar-refractivity contribution in [3.63, 3.8) is 0 Å². The Balaban J connectivity index is 1.73. The van der Waals surface area contributed by atoms with Gasteiger partial charge in [0.05, 0.1) is 11.7 Å². The zero-order valence-corrected chi connectivity index (χ0v) is 12.8. The minimum absolute atomic E-state index is 0.0575. The van der Waals surface area contributed by atoms with E-state index in [1.165, 1.54) is 16.4 Å². The lowest BCUT2D eigenvalue weighted by Crippen LogP contribution is -2.46. The molecule has 1 aromatic carbocycles. The quantitative estimate of drug-likeness (QED) is 0.887. The van der Waals surface area contributed by atoms with Crippen LogP contribution in [0.3, 0.4) is 0 Å². The van der Waals surface area contributed by atoms with Crippen LogP contribution < -0.4 is 5.32 Å². The Morgan fingerprint density at radius 2 is 2.17 bits per heavy atom. The number of hydrogen-bond acceptors (Lipinski definition) is 4. The Bertz CT molecular complexity index is 755. The lowest BCUT2D eigenvalue weighted by molar-refractivity contribution is -0.124. The first-order valence-corrected chi connectivity index (χ1v) is 7.51. The van der Waals surface area contributed by atoms with Crippen LogP contribution in [0.5, 0.6) is 0 Å². The average Bonchev–Trinajstić information content (AvgIpc) is 2.96. The highest BCUT2D eigenvalue weighted by Crippen LogP contribution is 2.34. The van der Waals surface area contributed by atoms with Crippen molar-refractivity contribution in [3.05, 3.63) is 47.3 Å². The predicted molar refractivity (Wildman–Crippen MR) is 81.9 cm³/mol. The molecule has 1 unspecified atom stereocenters. The summed E-state index contributed by atoms with van der Waals surface area (Å²) in [5.74, 6) is -1.38. The van der Waals surface area contributed by atoms with Gasteiger partial charge in [-0.05, 0) is 37.3 Å². The van der Waals surface area contributed by atoms with E-state index in [1.54, 1.807) is 0 Å². The number of rotatable bonds is 4. The third kappa shape index (κ3) is 3.08. The van der Waals surface area contributed by atoms with Gasteiger partial charge in [0.15, 0.2) is 5.69 Å². The van der Waals surface area contributed by atoms with Crippen LogP contribution in [0.2, 0.25) is 0 Å². The molecule has 2 N–H and O–H groups in total. The monoisotopic (exact) mass is 314 g/mol. The number of carboxylic acids is 1. The second kappa shape index (κ2) is 5.83. The van der Waals surface area contributed by atoms with E-state index in [-0.39, 0.29) is 18.1 Å². The molecule has 0 spiro atoms. The van der Waals surface area contributed by atoms with Crippen molar-refractivity contribution in [1.29, 1.82) is 0 Å². The van der Waals surface area contributed by atoms with Crippen LogP contribution in [-0.2, 0) is 23.3 Å². The third-order valence-electron chi connectivity index (χ3n) is 4.21. The highest BCUT2D eigenvalue weighted by Gasteiger charge is 2.33. The molecule has 7 heteroatoms. The van der Waals surface area contributed by atoms with Crippen LogP contribution in [-0.4, -0.2) is 32.0 Å². The van der Waals surface area contributed by atoms with Gasteiger partial charge in [0, 0.05) is 0 Å². The molecule has 120 valence electrons. The van der Waals surface area contributed by atoms with Crippen LogP contribution in [0.4, 0.5) is 0 Å². The SMILES string of the molecule is CC1(NC(=O)Cn2cc(C(=O)O)nn2)CCCc2ccccc21. The summed E-state index contributed by atoms with van der Waals surface area (Å²) >= 11 is 0. The molecule has 0 radical (unpaired) electrons. The summed E-state index contributed by atoms with van der Waals surface area (Å²) in [7, 11) is 0. The number of carbonyl (C=O) groups is 2. The molecule has 2 aromatic rings. The molecule has 1 heterocycles. The molecule has 0 saturated heterocycles. The number of fused-ring (bicyclic) bond motifs is 1.